The Kier molecular flexibility index (Phi) is 8.78. The van der Waals surface area contributed by atoms with E-state index in [0.29, 0.717) is 6.42 Å². The predicted octanol–water partition coefficient (Wildman–Crippen LogP) is 7.39. The molecule has 0 fully saturated rings. The quantitative estimate of drug-likeness (QED) is 0.278. The molecular weight excluding hydrogens is 492 g/mol. The van der Waals surface area contributed by atoms with Crippen LogP contribution in [0.1, 0.15) is 80.0 Å². The normalized spacial score (nSPS) is 12.8. The molecule has 3 rings (SSSR count). The van der Waals surface area contributed by atoms with E-state index in [1.165, 1.54) is 11.9 Å². The van der Waals surface area contributed by atoms with Crippen LogP contribution < -0.4 is 5.32 Å². The summed E-state index contributed by atoms with van der Waals surface area (Å²) in [6.45, 7) is 17.1. The molecular formula is C31H40N4O4. The molecule has 1 heterocycles. The van der Waals surface area contributed by atoms with Crippen LogP contribution in [-0.4, -0.2) is 39.2 Å². The van der Waals surface area contributed by atoms with Crippen molar-refractivity contribution in [3.8, 4) is 11.1 Å². The van der Waals surface area contributed by atoms with Gasteiger partial charge < -0.3 is 9.47 Å². The number of hydrogen-bond acceptors (Lipinski definition) is 6. The summed E-state index contributed by atoms with van der Waals surface area (Å²) in [7, 11) is 0. The van der Waals surface area contributed by atoms with E-state index in [9.17, 15) is 9.59 Å². The van der Waals surface area contributed by atoms with Crippen molar-refractivity contribution in [2.45, 2.75) is 91.8 Å². The number of amidine groups is 1. The molecule has 0 atom stereocenters. The molecule has 1 aromatic heterocycles. The second-order valence-electron chi connectivity index (χ2n) is 12.5. The number of para-hydroxylation sites is 1. The molecule has 3 aromatic rings. The molecule has 8 heteroatoms. The number of benzene rings is 2. The van der Waals surface area contributed by atoms with Crippen molar-refractivity contribution in [1.82, 2.24) is 15.3 Å². The number of fused-ring (bicyclic) bond motifs is 1. The first kappa shape index (κ1) is 29.7. The number of nitrogens with one attached hydrogen (secondary N) is 1. The van der Waals surface area contributed by atoms with Crippen LogP contribution >= 0.6 is 0 Å². The van der Waals surface area contributed by atoms with Gasteiger partial charge in [0, 0.05) is 17.4 Å². The van der Waals surface area contributed by atoms with E-state index in [4.69, 9.17) is 9.47 Å². The van der Waals surface area contributed by atoms with Crippen molar-refractivity contribution in [2.75, 3.05) is 0 Å². The average molecular weight is 533 g/mol. The first-order valence-corrected chi connectivity index (χ1v) is 13.2. The lowest BCUT2D eigenvalue weighted by Crippen LogP contribution is -2.37. The number of rotatable bonds is 4. The lowest BCUT2D eigenvalue weighted by Gasteiger charge is -2.21. The maximum absolute atomic E-state index is 12.5. The van der Waals surface area contributed by atoms with Crippen molar-refractivity contribution in [3.63, 3.8) is 0 Å². The molecule has 0 radical (unpaired) electrons. The number of amides is 2. The molecule has 2 amide bonds. The molecule has 0 saturated carbocycles. The lowest BCUT2D eigenvalue weighted by molar-refractivity contribution is 0.0561. The zero-order chi connectivity index (χ0) is 29.0. The molecule has 1 N–H and O–H groups in total. The Morgan fingerprint density at radius 2 is 1.49 bits per heavy atom. The molecule has 2 aromatic carbocycles. The number of aromatic nitrogens is 2. The maximum Gasteiger partial charge on any atom is 0.435 e. The summed E-state index contributed by atoms with van der Waals surface area (Å²) < 4.78 is 10.7. The van der Waals surface area contributed by atoms with E-state index >= 15 is 0 Å². The number of ether oxygens (including phenoxy) is 2. The van der Waals surface area contributed by atoms with Gasteiger partial charge in [-0.05, 0) is 64.5 Å². The third-order valence-corrected chi connectivity index (χ3v) is 5.67. The number of hydrogen-bond donors (Lipinski definition) is 1. The molecule has 0 saturated heterocycles. The van der Waals surface area contributed by atoms with E-state index in [0.717, 1.165) is 27.7 Å². The lowest BCUT2D eigenvalue weighted by atomic mass is 9.86. The van der Waals surface area contributed by atoms with Gasteiger partial charge in [-0.25, -0.2) is 19.6 Å². The molecule has 8 nitrogen and oxygen atoms in total. The molecule has 0 aliphatic rings. The van der Waals surface area contributed by atoms with Gasteiger partial charge in [-0.15, -0.1) is 0 Å². The van der Waals surface area contributed by atoms with Crippen LogP contribution in [-0.2, 0) is 21.3 Å². The van der Waals surface area contributed by atoms with Crippen LogP contribution in [0.4, 0.5) is 9.59 Å². The van der Waals surface area contributed by atoms with E-state index in [2.05, 4.69) is 65.3 Å². The summed E-state index contributed by atoms with van der Waals surface area (Å²) in [5.74, 6) is 0.138. The summed E-state index contributed by atoms with van der Waals surface area (Å²) in [4.78, 5) is 38.0. The van der Waals surface area contributed by atoms with E-state index in [1.807, 2.05) is 18.2 Å². The van der Waals surface area contributed by atoms with Crippen molar-refractivity contribution >= 4 is 28.9 Å². The molecule has 0 aliphatic heterocycles. The Morgan fingerprint density at radius 3 is 2.08 bits per heavy atom. The zero-order valence-electron chi connectivity index (χ0n) is 24.5. The minimum Gasteiger partial charge on any atom is -0.444 e. The standard InChI is InChI=1S/C31H40N4O4/c1-29(2,3)21-15-13-20(14-16-21)22-11-10-12-23-24(32-19-33-26(22)23)17-18-25(34-27(36)38-30(4,5)6)35-28(37)39-31(7,8)9/h10-16,19H,17-18H2,1-9H3,(H,34,35,36,37). The van der Waals surface area contributed by atoms with Gasteiger partial charge in [0.05, 0.1) is 11.2 Å². The Bertz CT molecular complexity index is 1360. The van der Waals surface area contributed by atoms with E-state index < -0.39 is 23.4 Å². The highest BCUT2D eigenvalue weighted by Crippen LogP contribution is 2.31. The molecule has 0 spiro atoms. The smallest absolute Gasteiger partial charge is 0.435 e. The molecule has 0 aliphatic carbocycles. The fourth-order valence-electron chi connectivity index (χ4n) is 3.92. The number of aliphatic imine (C=N–C) groups is 1. The van der Waals surface area contributed by atoms with Gasteiger partial charge in [0.1, 0.15) is 23.4 Å². The Hall–Kier alpha value is -3.81. The fraction of sp³-hybridized carbons (Fsp3) is 0.452. The van der Waals surface area contributed by atoms with Crippen LogP contribution in [0.5, 0.6) is 0 Å². The number of alkyl carbamates (subject to hydrolysis) is 1. The van der Waals surface area contributed by atoms with Gasteiger partial charge in [0.25, 0.3) is 0 Å². The molecule has 39 heavy (non-hydrogen) atoms. The van der Waals surface area contributed by atoms with Gasteiger partial charge >= 0.3 is 12.2 Å². The third kappa shape index (κ3) is 8.87. The van der Waals surface area contributed by atoms with Gasteiger partial charge in [-0.2, -0.15) is 4.99 Å². The number of carbonyl (C=O) groups is 2. The Balaban J connectivity index is 1.90. The van der Waals surface area contributed by atoms with Crippen molar-refractivity contribution in [1.29, 1.82) is 0 Å². The SMILES string of the molecule is CC(C)(C)OC(=O)N=C(CCc1ncnc2c(-c3ccc(C(C)(C)C)cc3)cccc12)NC(=O)OC(C)(C)C. The molecule has 208 valence electrons. The van der Waals surface area contributed by atoms with Gasteiger partial charge in [0.2, 0.25) is 0 Å². The topological polar surface area (TPSA) is 103 Å². The highest BCUT2D eigenvalue weighted by Gasteiger charge is 2.21. The Morgan fingerprint density at radius 1 is 0.846 bits per heavy atom. The maximum atomic E-state index is 12.5. The van der Waals surface area contributed by atoms with Crippen LogP contribution in [0, 0.1) is 0 Å². The van der Waals surface area contributed by atoms with Crippen molar-refractivity contribution in [3.05, 3.63) is 60.0 Å². The largest absolute Gasteiger partial charge is 0.444 e. The summed E-state index contributed by atoms with van der Waals surface area (Å²) in [6.07, 6.45) is 0.690. The predicted molar refractivity (Wildman–Crippen MR) is 155 cm³/mol. The minimum absolute atomic E-state index is 0.0680. The molecule has 0 unspecified atom stereocenters. The second-order valence-corrected chi connectivity index (χ2v) is 12.5. The van der Waals surface area contributed by atoms with E-state index in [1.54, 1.807) is 41.5 Å². The van der Waals surface area contributed by atoms with Crippen LogP contribution in [0.25, 0.3) is 22.0 Å². The molecule has 0 bridgehead atoms. The fourth-order valence-corrected chi connectivity index (χ4v) is 3.92. The first-order valence-electron chi connectivity index (χ1n) is 13.2. The zero-order valence-corrected chi connectivity index (χ0v) is 24.5. The van der Waals surface area contributed by atoms with Crippen LogP contribution in [0.2, 0.25) is 0 Å². The summed E-state index contributed by atoms with van der Waals surface area (Å²) in [5.41, 5.74) is 3.58. The van der Waals surface area contributed by atoms with E-state index in [-0.39, 0.29) is 17.7 Å². The monoisotopic (exact) mass is 532 g/mol. The Labute approximate surface area is 231 Å². The first-order chi connectivity index (χ1) is 18.0. The third-order valence-electron chi connectivity index (χ3n) is 5.67. The van der Waals surface area contributed by atoms with Gasteiger partial charge in [0.15, 0.2) is 0 Å². The summed E-state index contributed by atoms with van der Waals surface area (Å²) >= 11 is 0. The number of aryl methyl sites for hydroxylation is 1. The summed E-state index contributed by atoms with van der Waals surface area (Å²) in [5, 5.41) is 3.50. The van der Waals surface area contributed by atoms with Gasteiger partial charge in [-0.1, -0.05) is 63.2 Å². The highest BCUT2D eigenvalue weighted by molar-refractivity contribution is 6.00. The van der Waals surface area contributed by atoms with Crippen molar-refractivity contribution in [2.24, 2.45) is 4.99 Å². The number of nitrogens with zero attached hydrogens (tertiary/aromatic N) is 3. The second kappa shape index (κ2) is 11.5. The number of carbonyl (C=O) groups excluding carboxylic acids is 2. The average Bonchev–Trinajstić information content (AvgIpc) is 2.79. The minimum atomic E-state index is -0.790. The summed E-state index contributed by atoms with van der Waals surface area (Å²) in [6, 6.07) is 14.5. The van der Waals surface area contributed by atoms with Crippen LogP contribution in [0.15, 0.2) is 53.8 Å². The van der Waals surface area contributed by atoms with Gasteiger partial charge in [-0.3, -0.25) is 5.32 Å². The van der Waals surface area contributed by atoms with Crippen molar-refractivity contribution < 1.29 is 19.1 Å². The highest BCUT2D eigenvalue weighted by atomic mass is 16.6. The van der Waals surface area contributed by atoms with Crippen LogP contribution in [0.3, 0.4) is 0 Å².